The van der Waals surface area contributed by atoms with Gasteiger partial charge in [0.1, 0.15) is 5.75 Å². The van der Waals surface area contributed by atoms with E-state index in [4.69, 9.17) is 4.74 Å². The summed E-state index contributed by atoms with van der Waals surface area (Å²) in [6.07, 6.45) is 10.6. The molecule has 0 aliphatic rings. The van der Waals surface area contributed by atoms with Crippen LogP contribution in [0.15, 0.2) is 48.5 Å². The summed E-state index contributed by atoms with van der Waals surface area (Å²) < 4.78 is 6.33. The van der Waals surface area contributed by atoms with Gasteiger partial charge < -0.3 is 4.74 Å². The molecule has 138 valence electrons. The minimum absolute atomic E-state index is 0.812. The summed E-state index contributed by atoms with van der Waals surface area (Å²) in [5.74, 6) is 1.06. The van der Waals surface area contributed by atoms with Crippen LogP contribution in [0.4, 0.5) is 0 Å². The molecule has 3 rings (SSSR count). The fraction of sp³-hybridized carbons (Fsp3) is 0.440. The summed E-state index contributed by atoms with van der Waals surface area (Å²) in [6, 6.07) is 17.5. The lowest BCUT2D eigenvalue weighted by molar-refractivity contribution is 0.311. The van der Waals surface area contributed by atoms with E-state index in [9.17, 15) is 0 Å². The molecule has 0 unspecified atom stereocenters. The Morgan fingerprint density at radius 1 is 0.692 bits per heavy atom. The third-order valence-corrected chi connectivity index (χ3v) is 5.21. The summed E-state index contributed by atoms with van der Waals surface area (Å²) in [5.41, 5.74) is 1.28. The van der Waals surface area contributed by atoms with Gasteiger partial charge in [-0.3, -0.25) is 0 Å². The molecule has 26 heavy (non-hydrogen) atoms. The predicted molar refractivity (Wildman–Crippen MR) is 114 cm³/mol. The van der Waals surface area contributed by atoms with Crippen molar-refractivity contribution in [3.63, 3.8) is 0 Å². The van der Waals surface area contributed by atoms with E-state index in [1.165, 1.54) is 72.1 Å². The minimum atomic E-state index is 0.812. The Bertz CT molecular complexity index is 834. The van der Waals surface area contributed by atoms with Gasteiger partial charge in [0, 0.05) is 10.8 Å². The average molecular weight is 349 g/mol. The second kappa shape index (κ2) is 9.62. The molecule has 3 aromatic carbocycles. The number of rotatable bonds is 10. The van der Waals surface area contributed by atoms with Gasteiger partial charge in [-0.2, -0.15) is 0 Å². The molecule has 0 aliphatic carbocycles. The molecule has 0 radical (unpaired) electrons. The molecule has 0 spiro atoms. The quantitative estimate of drug-likeness (QED) is 0.268. The van der Waals surface area contributed by atoms with Crippen LogP contribution in [0.3, 0.4) is 0 Å². The summed E-state index contributed by atoms with van der Waals surface area (Å²) in [4.78, 5) is 0. The van der Waals surface area contributed by atoms with Crippen molar-refractivity contribution < 1.29 is 4.74 Å². The fourth-order valence-corrected chi connectivity index (χ4v) is 3.70. The first-order valence-corrected chi connectivity index (χ1v) is 10.3. The third-order valence-electron chi connectivity index (χ3n) is 5.21. The summed E-state index contributed by atoms with van der Waals surface area (Å²) in [6.45, 7) is 5.23. The molecule has 0 bridgehead atoms. The standard InChI is InChI=1S/C25H32O/c1-3-4-5-6-7-8-9-12-17-26-25-23-14-11-10-13-21(23)19-22-16-15-20(2)18-24(22)25/h10-11,13-16,18-19H,3-9,12,17H2,1-2H3. The monoisotopic (exact) mass is 348 g/mol. The van der Waals surface area contributed by atoms with Gasteiger partial charge in [-0.25, -0.2) is 0 Å². The van der Waals surface area contributed by atoms with E-state index in [1.54, 1.807) is 0 Å². The average Bonchev–Trinajstić information content (AvgIpc) is 2.66. The number of unbranched alkanes of at least 4 members (excludes halogenated alkanes) is 7. The zero-order chi connectivity index (χ0) is 18.2. The van der Waals surface area contributed by atoms with Gasteiger partial charge in [0.05, 0.1) is 6.61 Å². The van der Waals surface area contributed by atoms with E-state index >= 15 is 0 Å². The predicted octanol–water partition coefficient (Wildman–Crippen LogP) is 7.82. The molecule has 0 N–H and O–H groups in total. The van der Waals surface area contributed by atoms with E-state index in [1.807, 2.05) is 0 Å². The van der Waals surface area contributed by atoms with Gasteiger partial charge in [-0.1, -0.05) is 93.8 Å². The Kier molecular flexibility index (Phi) is 6.94. The molecule has 0 aliphatic heterocycles. The van der Waals surface area contributed by atoms with Crippen molar-refractivity contribution in [1.29, 1.82) is 0 Å². The lowest BCUT2D eigenvalue weighted by Crippen LogP contribution is -1.99. The zero-order valence-corrected chi connectivity index (χ0v) is 16.4. The molecule has 1 heteroatoms. The molecule has 0 saturated carbocycles. The van der Waals surface area contributed by atoms with Crippen molar-refractivity contribution in [3.05, 3.63) is 54.1 Å². The van der Waals surface area contributed by atoms with Crippen molar-refractivity contribution >= 4 is 21.5 Å². The van der Waals surface area contributed by atoms with Gasteiger partial charge in [0.25, 0.3) is 0 Å². The number of ether oxygens (including phenoxy) is 1. The molecular formula is C25H32O. The van der Waals surface area contributed by atoms with Gasteiger partial charge >= 0.3 is 0 Å². The Labute approximate surface area is 158 Å². The summed E-state index contributed by atoms with van der Waals surface area (Å²) in [5, 5.41) is 4.99. The highest BCUT2D eigenvalue weighted by Gasteiger charge is 2.09. The molecule has 0 fully saturated rings. The van der Waals surface area contributed by atoms with E-state index in [0.717, 1.165) is 18.8 Å². The smallest absolute Gasteiger partial charge is 0.134 e. The Morgan fingerprint density at radius 3 is 2.19 bits per heavy atom. The van der Waals surface area contributed by atoms with Crippen molar-refractivity contribution in [2.24, 2.45) is 0 Å². The van der Waals surface area contributed by atoms with E-state index < -0.39 is 0 Å². The van der Waals surface area contributed by atoms with Gasteiger partial charge in [-0.05, 0) is 36.2 Å². The van der Waals surface area contributed by atoms with Crippen LogP contribution in [-0.2, 0) is 0 Å². The first kappa shape index (κ1) is 18.8. The second-order valence-corrected chi connectivity index (χ2v) is 7.47. The largest absolute Gasteiger partial charge is 0.492 e. The van der Waals surface area contributed by atoms with Crippen LogP contribution in [0.2, 0.25) is 0 Å². The molecule has 0 amide bonds. The van der Waals surface area contributed by atoms with Gasteiger partial charge in [-0.15, -0.1) is 0 Å². The highest BCUT2D eigenvalue weighted by Crippen LogP contribution is 2.35. The first-order chi connectivity index (χ1) is 12.8. The van der Waals surface area contributed by atoms with Gasteiger partial charge in [0.15, 0.2) is 0 Å². The Balaban J connectivity index is 1.63. The number of aryl methyl sites for hydroxylation is 1. The number of hydrogen-bond acceptors (Lipinski definition) is 1. The maximum absolute atomic E-state index is 6.33. The van der Waals surface area contributed by atoms with Crippen molar-refractivity contribution in [2.45, 2.75) is 65.2 Å². The normalized spacial score (nSPS) is 11.3. The Hall–Kier alpha value is -2.02. The van der Waals surface area contributed by atoms with Crippen LogP contribution in [0, 0.1) is 6.92 Å². The summed E-state index contributed by atoms with van der Waals surface area (Å²) in [7, 11) is 0. The van der Waals surface area contributed by atoms with Crippen molar-refractivity contribution in [2.75, 3.05) is 6.61 Å². The van der Waals surface area contributed by atoms with Crippen molar-refractivity contribution in [1.82, 2.24) is 0 Å². The SMILES string of the molecule is CCCCCCCCCCOc1c2ccccc2cc2ccc(C)cc12. The highest BCUT2D eigenvalue weighted by molar-refractivity contribution is 6.05. The highest BCUT2D eigenvalue weighted by atomic mass is 16.5. The van der Waals surface area contributed by atoms with Crippen LogP contribution >= 0.6 is 0 Å². The van der Waals surface area contributed by atoms with E-state index in [2.05, 4.69) is 62.4 Å². The van der Waals surface area contributed by atoms with Crippen LogP contribution in [-0.4, -0.2) is 6.61 Å². The minimum Gasteiger partial charge on any atom is -0.492 e. The summed E-state index contributed by atoms with van der Waals surface area (Å²) >= 11 is 0. The van der Waals surface area contributed by atoms with Crippen LogP contribution in [0.25, 0.3) is 21.5 Å². The maximum atomic E-state index is 6.33. The molecule has 1 nitrogen and oxygen atoms in total. The molecule has 3 aromatic rings. The topological polar surface area (TPSA) is 9.23 Å². The van der Waals surface area contributed by atoms with E-state index in [-0.39, 0.29) is 0 Å². The third kappa shape index (κ3) is 4.78. The van der Waals surface area contributed by atoms with Crippen molar-refractivity contribution in [3.8, 4) is 5.75 Å². The van der Waals surface area contributed by atoms with Crippen LogP contribution < -0.4 is 4.74 Å². The lowest BCUT2D eigenvalue weighted by Gasteiger charge is -2.14. The number of hydrogen-bond donors (Lipinski definition) is 0. The Morgan fingerprint density at radius 2 is 1.38 bits per heavy atom. The molecule has 0 atom stereocenters. The van der Waals surface area contributed by atoms with Gasteiger partial charge in [0.2, 0.25) is 0 Å². The number of fused-ring (bicyclic) bond motifs is 2. The zero-order valence-electron chi connectivity index (χ0n) is 16.4. The molecule has 0 saturated heterocycles. The maximum Gasteiger partial charge on any atom is 0.134 e. The lowest BCUT2D eigenvalue weighted by atomic mass is 10.0. The van der Waals surface area contributed by atoms with Crippen LogP contribution in [0.5, 0.6) is 5.75 Å². The fourth-order valence-electron chi connectivity index (χ4n) is 3.70. The van der Waals surface area contributed by atoms with Crippen LogP contribution in [0.1, 0.15) is 63.9 Å². The second-order valence-electron chi connectivity index (χ2n) is 7.47. The number of benzene rings is 3. The molecular weight excluding hydrogens is 316 g/mol. The molecule has 0 heterocycles. The first-order valence-electron chi connectivity index (χ1n) is 10.3. The molecule has 0 aromatic heterocycles. The van der Waals surface area contributed by atoms with E-state index in [0.29, 0.717) is 0 Å².